The van der Waals surface area contributed by atoms with Crippen molar-refractivity contribution in [3.63, 3.8) is 0 Å². The van der Waals surface area contributed by atoms with Crippen LogP contribution < -0.4 is 10.6 Å². The Labute approximate surface area is 145 Å². The molecule has 2 N–H and O–H groups in total. The lowest BCUT2D eigenvalue weighted by Crippen LogP contribution is -2.35. The minimum atomic E-state index is -0.565. The second-order valence-electron chi connectivity index (χ2n) is 5.90. The standard InChI is InChI=1S/C18H19FN4O2/c19-14-4-2-13(3-5-14)18(25)23-9-1-8-22(10-11-23)15-6-7-21-16(12-15)17(20)24/h2-7,12H,1,8-11H2,(H2,20,24). The molecule has 6 nitrogen and oxygen atoms in total. The summed E-state index contributed by atoms with van der Waals surface area (Å²) in [4.78, 5) is 31.7. The predicted molar refractivity (Wildman–Crippen MR) is 91.9 cm³/mol. The van der Waals surface area contributed by atoms with Gasteiger partial charge in [-0.1, -0.05) is 0 Å². The minimum Gasteiger partial charge on any atom is -0.370 e. The Bertz CT molecular complexity index is 779. The van der Waals surface area contributed by atoms with Crippen molar-refractivity contribution in [3.8, 4) is 0 Å². The highest BCUT2D eigenvalue weighted by atomic mass is 19.1. The van der Waals surface area contributed by atoms with E-state index in [2.05, 4.69) is 9.88 Å². The largest absolute Gasteiger partial charge is 0.370 e. The summed E-state index contributed by atoms with van der Waals surface area (Å²) in [5.74, 6) is -1.03. The Kier molecular flexibility index (Phi) is 4.92. The highest BCUT2D eigenvalue weighted by molar-refractivity contribution is 5.94. The van der Waals surface area contributed by atoms with E-state index in [1.807, 2.05) is 6.07 Å². The summed E-state index contributed by atoms with van der Waals surface area (Å²) in [6.07, 6.45) is 2.35. The van der Waals surface area contributed by atoms with Crippen molar-refractivity contribution in [2.75, 3.05) is 31.1 Å². The molecule has 130 valence electrons. The van der Waals surface area contributed by atoms with E-state index >= 15 is 0 Å². The van der Waals surface area contributed by atoms with Crippen LogP contribution in [0.5, 0.6) is 0 Å². The maximum absolute atomic E-state index is 13.0. The summed E-state index contributed by atoms with van der Waals surface area (Å²) in [6, 6.07) is 9.08. The molecule has 7 heteroatoms. The lowest BCUT2D eigenvalue weighted by Gasteiger charge is -2.24. The number of halogens is 1. The number of carbonyl (C=O) groups is 2. The first-order chi connectivity index (χ1) is 12.0. The Morgan fingerprint density at radius 1 is 1.04 bits per heavy atom. The second kappa shape index (κ2) is 7.29. The van der Waals surface area contributed by atoms with Crippen LogP contribution in [-0.4, -0.2) is 47.9 Å². The smallest absolute Gasteiger partial charge is 0.267 e. The number of hydrogen-bond donors (Lipinski definition) is 1. The third-order valence-electron chi connectivity index (χ3n) is 4.24. The first kappa shape index (κ1) is 16.9. The molecule has 0 atom stereocenters. The highest BCUT2D eigenvalue weighted by Gasteiger charge is 2.21. The lowest BCUT2D eigenvalue weighted by molar-refractivity contribution is 0.0766. The fraction of sp³-hybridized carbons (Fsp3) is 0.278. The molecule has 1 fully saturated rings. The summed E-state index contributed by atoms with van der Waals surface area (Å²) in [6.45, 7) is 2.56. The van der Waals surface area contributed by atoms with Crippen molar-refractivity contribution in [1.29, 1.82) is 0 Å². The number of primary amides is 1. The van der Waals surface area contributed by atoms with Crippen molar-refractivity contribution in [3.05, 3.63) is 59.7 Å². The molecule has 0 spiro atoms. The van der Waals surface area contributed by atoms with E-state index in [1.165, 1.54) is 24.3 Å². The number of benzene rings is 1. The molecule has 0 radical (unpaired) electrons. The van der Waals surface area contributed by atoms with Crippen molar-refractivity contribution in [2.45, 2.75) is 6.42 Å². The number of nitrogens with two attached hydrogens (primary N) is 1. The van der Waals surface area contributed by atoms with Gasteiger partial charge >= 0.3 is 0 Å². The number of amides is 2. The second-order valence-corrected chi connectivity index (χ2v) is 5.90. The summed E-state index contributed by atoms with van der Waals surface area (Å²) in [7, 11) is 0. The molecule has 1 aliphatic rings. The topological polar surface area (TPSA) is 79.5 Å². The van der Waals surface area contributed by atoms with Gasteiger partial charge in [-0.15, -0.1) is 0 Å². The first-order valence-corrected chi connectivity index (χ1v) is 8.10. The van der Waals surface area contributed by atoms with E-state index in [-0.39, 0.29) is 17.4 Å². The number of anilines is 1. The molecule has 0 aliphatic carbocycles. The van der Waals surface area contributed by atoms with Crippen LogP contribution in [0.15, 0.2) is 42.6 Å². The Hall–Kier alpha value is -2.96. The van der Waals surface area contributed by atoms with Crippen LogP contribution in [0.3, 0.4) is 0 Å². The summed E-state index contributed by atoms with van der Waals surface area (Å²) in [5, 5.41) is 0. The predicted octanol–water partition coefficient (Wildman–Crippen LogP) is 1.67. The van der Waals surface area contributed by atoms with Crippen LogP contribution in [0.25, 0.3) is 0 Å². The number of aromatic nitrogens is 1. The molecule has 3 rings (SSSR count). The number of hydrogen-bond acceptors (Lipinski definition) is 4. The van der Waals surface area contributed by atoms with Crippen LogP contribution in [0.1, 0.15) is 27.3 Å². The third kappa shape index (κ3) is 3.93. The van der Waals surface area contributed by atoms with Gasteiger partial charge in [-0.25, -0.2) is 4.39 Å². The molecule has 2 heterocycles. The summed E-state index contributed by atoms with van der Waals surface area (Å²) < 4.78 is 13.0. The molecule has 0 unspecified atom stereocenters. The lowest BCUT2D eigenvalue weighted by atomic mass is 10.2. The summed E-state index contributed by atoms with van der Waals surface area (Å²) in [5.41, 5.74) is 6.85. The van der Waals surface area contributed by atoms with Gasteiger partial charge in [0.15, 0.2) is 0 Å². The fourth-order valence-corrected chi connectivity index (χ4v) is 2.90. The van der Waals surface area contributed by atoms with Gasteiger partial charge in [0, 0.05) is 43.6 Å². The van der Waals surface area contributed by atoms with Crippen LogP contribution in [0.2, 0.25) is 0 Å². The van der Waals surface area contributed by atoms with Gasteiger partial charge < -0.3 is 15.5 Å². The van der Waals surface area contributed by atoms with Crippen molar-refractivity contribution in [1.82, 2.24) is 9.88 Å². The van der Waals surface area contributed by atoms with Gasteiger partial charge in [0.2, 0.25) is 0 Å². The van der Waals surface area contributed by atoms with Crippen LogP contribution in [0.4, 0.5) is 10.1 Å². The quantitative estimate of drug-likeness (QED) is 0.920. The fourth-order valence-electron chi connectivity index (χ4n) is 2.90. The Balaban J connectivity index is 1.70. The molecule has 0 bridgehead atoms. The molecule has 1 aromatic carbocycles. The van der Waals surface area contributed by atoms with Gasteiger partial charge in [-0.05, 0) is 42.8 Å². The molecule has 2 amide bonds. The molecule has 1 saturated heterocycles. The maximum atomic E-state index is 13.0. The minimum absolute atomic E-state index is 0.102. The number of carbonyl (C=O) groups excluding carboxylic acids is 2. The molecule has 25 heavy (non-hydrogen) atoms. The number of pyridine rings is 1. The highest BCUT2D eigenvalue weighted by Crippen LogP contribution is 2.18. The van der Waals surface area contributed by atoms with Gasteiger partial charge in [-0.3, -0.25) is 14.6 Å². The first-order valence-electron chi connectivity index (χ1n) is 8.10. The van der Waals surface area contributed by atoms with E-state index < -0.39 is 5.91 Å². The molecule has 0 saturated carbocycles. The zero-order chi connectivity index (χ0) is 17.8. The van der Waals surface area contributed by atoms with Crippen LogP contribution >= 0.6 is 0 Å². The van der Waals surface area contributed by atoms with E-state index in [4.69, 9.17) is 5.73 Å². The van der Waals surface area contributed by atoms with E-state index in [0.29, 0.717) is 25.2 Å². The molecular weight excluding hydrogens is 323 g/mol. The van der Waals surface area contributed by atoms with Gasteiger partial charge in [-0.2, -0.15) is 0 Å². The zero-order valence-electron chi connectivity index (χ0n) is 13.7. The molecular formula is C18H19FN4O2. The monoisotopic (exact) mass is 342 g/mol. The Morgan fingerprint density at radius 3 is 2.52 bits per heavy atom. The summed E-state index contributed by atoms with van der Waals surface area (Å²) >= 11 is 0. The number of rotatable bonds is 3. The van der Waals surface area contributed by atoms with Crippen molar-refractivity contribution >= 4 is 17.5 Å². The van der Waals surface area contributed by atoms with Crippen molar-refractivity contribution < 1.29 is 14.0 Å². The average Bonchev–Trinajstić information content (AvgIpc) is 2.88. The number of nitrogens with zero attached hydrogens (tertiary/aromatic N) is 3. The van der Waals surface area contributed by atoms with E-state index in [0.717, 1.165) is 18.7 Å². The molecule has 2 aromatic rings. The van der Waals surface area contributed by atoms with Gasteiger partial charge in [0.05, 0.1) is 0 Å². The normalized spacial score (nSPS) is 14.9. The molecule has 1 aliphatic heterocycles. The molecule has 1 aromatic heterocycles. The average molecular weight is 342 g/mol. The SMILES string of the molecule is NC(=O)c1cc(N2CCCN(C(=O)c3ccc(F)cc3)CC2)ccn1. The van der Waals surface area contributed by atoms with E-state index in [1.54, 1.807) is 17.2 Å². The van der Waals surface area contributed by atoms with Gasteiger partial charge in [0.25, 0.3) is 11.8 Å². The van der Waals surface area contributed by atoms with E-state index in [9.17, 15) is 14.0 Å². The van der Waals surface area contributed by atoms with Gasteiger partial charge in [0.1, 0.15) is 11.5 Å². The van der Waals surface area contributed by atoms with Crippen LogP contribution in [-0.2, 0) is 0 Å². The Morgan fingerprint density at radius 2 is 1.80 bits per heavy atom. The maximum Gasteiger partial charge on any atom is 0.267 e. The van der Waals surface area contributed by atoms with Crippen LogP contribution in [0, 0.1) is 5.82 Å². The third-order valence-corrected chi connectivity index (χ3v) is 4.24. The zero-order valence-corrected chi connectivity index (χ0v) is 13.7. The van der Waals surface area contributed by atoms with Crippen molar-refractivity contribution in [2.24, 2.45) is 5.73 Å².